The number of likely N-dealkylation sites (tertiary alicyclic amines) is 1. The fourth-order valence-corrected chi connectivity index (χ4v) is 2.78. The minimum atomic E-state index is 0.456. The molecule has 1 saturated heterocycles. The van der Waals surface area contributed by atoms with Crippen LogP contribution in [0.15, 0.2) is 0 Å². The highest BCUT2D eigenvalue weighted by Gasteiger charge is 2.25. The summed E-state index contributed by atoms with van der Waals surface area (Å²) < 4.78 is 0. The molecule has 14 heavy (non-hydrogen) atoms. The summed E-state index contributed by atoms with van der Waals surface area (Å²) in [5.74, 6) is 0.860. The second kappa shape index (κ2) is 4.60. The van der Waals surface area contributed by atoms with Crippen LogP contribution in [0.1, 0.15) is 32.1 Å². The minimum Gasteiger partial charge on any atom is -0.328 e. The van der Waals surface area contributed by atoms with Crippen LogP contribution in [0.5, 0.6) is 0 Å². The number of nitrogens with two attached hydrogens (primary N) is 2. The van der Waals surface area contributed by atoms with E-state index in [0.717, 1.165) is 5.92 Å². The van der Waals surface area contributed by atoms with Crippen molar-refractivity contribution in [2.45, 2.75) is 44.2 Å². The van der Waals surface area contributed by atoms with Crippen LogP contribution in [0.25, 0.3) is 0 Å². The lowest BCUT2D eigenvalue weighted by Gasteiger charge is -2.31. The molecule has 3 heteroatoms. The molecule has 0 aromatic rings. The molecule has 2 fully saturated rings. The molecule has 4 N–H and O–H groups in total. The summed E-state index contributed by atoms with van der Waals surface area (Å²) in [5, 5.41) is 0. The molecule has 0 amide bonds. The van der Waals surface area contributed by atoms with E-state index in [1.807, 2.05) is 0 Å². The molecule has 0 aromatic heterocycles. The van der Waals surface area contributed by atoms with Crippen LogP contribution in [0.4, 0.5) is 0 Å². The molecule has 1 aliphatic carbocycles. The number of piperidine rings is 1. The van der Waals surface area contributed by atoms with Crippen molar-refractivity contribution in [3.8, 4) is 0 Å². The van der Waals surface area contributed by atoms with Gasteiger partial charge in [0.2, 0.25) is 0 Å². The van der Waals surface area contributed by atoms with Gasteiger partial charge in [0, 0.05) is 18.6 Å². The molecular weight excluding hydrogens is 174 g/mol. The fraction of sp³-hybridized carbons (Fsp3) is 1.00. The molecule has 0 radical (unpaired) electrons. The van der Waals surface area contributed by atoms with E-state index >= 15 is 0 Å². The highest BCUT2D eigenvalue weighted by atomic mass is 15.1. The largest absolute Gasteiger partial charge is 0.328 e. The molecule has 82 valence electrons. The Balaban J connectivity index is 1.70. The van der Waals surface area contributed by atoms with E-state index in [1.54, 1.807) is 0 Å². The Morgan fingerprint density at radius 2 is 1.64 bits per heavy atom. The summed E-state index contributed by atoms with van der Waals surface area (Å²) in [7, 11) is 0. The first-order valence-electron chi connectivity index (χ1n) is 5.97. The van der Waals surface area contributed by atoms with Gasteiger partial charge in [-0.1, -0.05) is 0 Å². The van der Waals surface area contributed by atoms with Crippen LogP contribution in [-0.4, -0.2) is 36.6 Å². The minimum absolute atomic E-state index is 0.456. The summed E-state index contributed by atoms with van der Waals surface area (Å²) in [6.07, 6.45) is 6.17. The Morgan fingerprint density at radius 3 is 2.21 bits per heavy atom. The predicted octanol–water partition coefficient (Wildman–Crippen LogP) is 0.537. The number of nitrogens with zero attached hydrogens (tertiary/aromatic N) is 1. The standard InChI is InChI=1S/C11H23N3/c12-10-3-5-14(6-4-10)8-9-1-2-11(13)7-9/h9-11H,1-8,12-13H2. The van der Waals surface area contributed by atoms with Crippen LogP contribution in [0, 0.1) is 5.92 Å². The first-order valence-corrected chi connectivity index (χ1v) is 5.97. The highest BCUT2D eigenvalue weighted by molar-refractivity contribution is 4.82. The normalized spacial score (nSPS) is 36.4. The second-order valence-electron chi connectivity index (χ2n) is 5.08. The zero-order valence-corrected chi connectivity index (χ0v) is 8.99. The van der Waals surface area contributed by atoms with Crippen molar-refractivity contribution in [2.75, 3.05) is 19.6 Å². The third-order valence-electron chi connectivity index (χ3n) is 3.73. The Bertz CT molecular complexity index is 175. The van der Waals surface area contributed by atoms with E-state index in [4.69, 9.17) is 11.5 Å². The second-order valence-corrected chi connectivity index (χ2v) is 5.08. The summed E-state index contributed by atoms with van der Waals surface area (Å²) in [4.78, 5) is 2.58. The van der Waals surface area contributed by atoms with Gasteiger partial charge in [-0.3, -0.25) is 0 Å². The third kappa shape index (κ3) is 2.69. The summed E-state index contributed by atoms with van der Waals surface area (Å²) in [5.41, 5.74) is 11.8. The Kier molecular flexibility index (Phi) is 3.42. The lowest BCUT2D eigenvalue weighted by Crippen LogP contribution is -2.41. The van der Waals surface area contributed by atoms with Crippen LogP contribution >= 0.6 is 0 Å². The van der Waals surface area contributed by atoms with Crippen LogP contribution in [0.3, 0.4) is 0 Å². The molecule has 2 atom stereocenters. The van der Waals surface area contributed by atoms with E-state index < -0.39 is 0 Å². The van der Waals surface area contributed by atoms with Crippen molar-refractivity contribution >= 4 is 0 Å². The Morgan fingerprint density at radius 1 is 0.929 bits per heavy atom. The van der Waals surface area contributed by atoms with Gasteiger partial charge < -0.3 is 16.4 Å². The van der Waals surface area contributed by atoms with E-state index in [2.05, 4.69) is 4.90 Å². The van der Waals surface area contributed by atoms with Crippen molar-refractivity contribution in [1.82, 2.24) is 4.90 Å². The third-order valence-corrected chi connectivity index (χ3v) is 3.73. The van der Waals surface area contributed by atoms with Crippen molar-refractivity contribution < 1.29 is 0 Å². The van der Waals surface area contributed by atoms with Gasteiger partial charge in [-0.25, -0.2) is 0 Å². The van der Waals surface area contributed by atoms with E-state index in [0.29, 0.717) is 12.1 Å². The van der Waals surface area contributed by atoms with Gasteiger partial charge in [-0.05, 0) is 51.1 Å². The zero-order chi connectivity index (χ0) is 9.97. The summed E-state index contributed by atoms with van der Waals surface area (Å²) >= 11 is 0. The number of hydrogen-bond acceptors (Lipinski definition) is 3. The van der Waals surface area contributed by atoms with E-state index in [9.17, 15) is 0 Å². The van der Waals surface area contributed by atoms with Crippen molar-refractivity contribution in [3.63, 3.8) is 0 Å². The lowest BCUT2D eigenvalue weighted by atomic mass is 10.0. The summed E-state index contributed by atoms with van der Waals surface area (Å²) in [6, 6.07) is 0.934. The predicted molar refractivity (Wildman–Crippen MR) is 59.0 cm³/mol. The van der Waals surface area contributed by atoms with Gasteiger partial charge in [0.05, 0.1) is 0 Å². The molecule has 1 saturated carbocycles. The lowest BCUT2D eigenvalue weighted by molar-refractivity contribution is 0.184. The summed E-state index contributed by atoms with van der Waals surface area (Å²) in [6.45, 7) is 3.67. The molecule has 1 heterocycles. The average Bonchev–Trinajstić information content (AvgIpc) is 2.56. The zero-order valence-electron chi connectivity index (χ0n) is 8.99. The Labute approximate surface area is 86.8 Å². The average molecular weight is 197 g/mol. The SMILES string of the molecule is NC1CCN(CC2CCC(N)C2)CC1. The quantitative estimate of drug-likeness (QED) is 0.679. The van der Waals surface area contributed by atoms with Crippen LogP contribution in [0.2, 0.25) is 0 Å². The van der Waals surface area contributed by atoms with Crippen molar-refractivity contribution in [1.29, 1.82) is 0 Å². The molecule has 2 aliphatic rings. The smallest absolute Gasteiger partial charge is 0.00631 e. The van der Waals surface area contributed by atoms with E-state index in [-0.39, 0.29) is 0 Å². The van der Waals surface area contributed by atoms with Gasteiger partial charge >= 0.3 is 0 Å². The van der Waals surface area contributed by atoms with Crippen molar-refractivity contribution in [3.05, 3.63) is 0 Å². The molecule has 0 spiro atoms. The maximum absolute atomic E-state index is 5.91. The van der Waals surface area contributed by atoms with Crippen LogP contribution in [-0.2, 0) is 0 Å². The monoisotopic (exact) mass is 197 g/mol. The van der Waals surface area contributed by atoms with Gasteiger partial charge in [0.25, 0.3) is 0 Å². The van der Waals surface area contributed by atoms with Gasteiger partial charge in [-0.2, -0.15) is 0 Å². The number of rotatable bonds is 2. The Hall–Kier alpha value is -0.120. The highest BCUT2D eigenvalue weighted by Crippen LogP contribution is 2.25. The molecule has 2 rings (SSSR count). The maximum atomic E-state index is 5.91. The van der Waals surface area contributed by atoms with Gasteiger partial charge in [0.1, 0.15) is 0 Å². The topological polar surface area (TPSA) is 55.3 Å². The van der Waals surface area contributed by atoms with Gasteiger partial charge in [-0.15, -0.1) is 0 Å². The molecule has 3 nitrogen and oxygen atoms in total. The molecule has 0 aromatic carbocycles. The molecular formula is C11H23N3. The first-order chi connectivity index (χ1) is 6.74. The van der Waals surface area contributed by atoms with Crippen LogP contribution < -0.4 is 11.5 Å². The number of hydrogen-bond donors (Lipinski definition) is 2. The van der Waals surface area contributed by atoms with Crippen molar-refractivity contribution in [2.24, 2.45) is 17.4 Å². The first kappa shape index (κ1) is 10.4. The maximum Gasteiger partial charge on any atom is 0.00631 e. The fourth-order valence-electron chi connectivity index (χ4n) is 2.78. The molecule has 2 unspecified atom stereocenters. The molecule has 0 bridgehead atoms. The van der Waals surface area contributed by atoms with E-state index in [1.165, 1.54) is 51.7 Å². The van der Waals surface area contributed by atoms with Gasteiger partial charge in [0.15, 0.2) is 0 Å². The molecule has 1 aliphatic heterocycles.